The van der Waals surface area contributed by atoms with Crippen molar-refractivity contribution in [2.24, 2.45) is 0 Å². The van der Waals surface area contributed by atoms with Crippen molar-refractivity contribution >= 4 is 6.03 Å². The van der Waals surface area contributed by atoms with Gasteiger partial charge in [0.25, 0.3) is 0 Å². The van der Waals surface area contributed by atoms with Crippen LogP contribution in [0, 0.1) is 0 Å². The molecule has 4 nitrogen and oxygen atoms in total. The number of ether oxygens (including phenoxy) is 1. The number of methoxy groups -OCH3 is 1. The monoisotopic (exact) mass is 298 g/mol. The molecule has 0 aliphatic heterocycles. The lowest BCUT2D eigenvalue weighted by Gasteiger charge is -2.39. The van der Waals surface area contributed by atoms with Gasteiger partial charge in [-0.3, -0.25) is 0 Å². The van der Waals surface area contributed by atoms with E-state index in [-0.39, 0.29) is 6.03 Å². The maximum Gasteiger partial charge on any atom is 0.317 e. The molecule has 0 unspecified atom stereocenters. The van der Waals surface area contributed by atoms with Crippen molar-refractivity contribution in [2.45, 2.75) is 12.5 Å². The third-order valence-electron chi connectivity index (χ3n) is 4.18. The fourth-order valence-electron chi connectivity index (χ4n) is 2.60. The van der Waals surface area contributed by atoms with Crippen molar-refractivity contribution in [1.29, 1.82) is 0 Å². The van der Waals surface area contributed by atoms with Gasteiger partial charge in [0.05, 0.1) is 12.6 Å². The Hall–Kier alpha value is -2.49. The fourth-order valence-corrected chi connectivity index (χ4v) is 2.60. The lowest BCUT2D eigenvalue weighted by Crippen LogP contribution is -2.49. The van der Waals surface area contributed by atoms with Gasteiger partial charge in [-0.15, -0.1) is 0 Å². The van der Waals surface area contributed by atoms with Crippen molar-refractivity contribution in [3.63, 3.8) is 0 Å². The van der Waals surface area contributed by atoms with E-state index in [1.165, 1.54) is 0 Å². The van der Waals surface area contributed by atoms with Crippen LogP contribution in [-0.4, -0.2) is 32.1 Å². The molecule has 0 saturated carbocycles. The zero-order valence-corrected chi connectivity index (χ0v) is 13.5. The van der Waals surface area contributed by atoms with Gasteiger partial charge in [-0.1, -0.05) is 42.5 Å². The summed E-state index contributed by atoms with van der Waals surface area (Å²) in [6, 6.07) is 17.7. The zero-order chi connectivity index (χ0) is 16.2. The van der Waals surface area contributed by atoms with Crippen LogP contribution in [0.2, 0.25) is 0 Å². The Labute approximate surface area is 131 Å². The van der Waals surface area contributed by atoms with Gasteiger partial charge in [0.15, 0.2) is 0 Å². The first kappa shape index (κ1) is 15.9. The average molecular weight is 298 g/mol. The summed E-state index contributed by atoms with van der Waals surface area (Å²) in [5.41, 5.74) is 1.49. The number of carbonyl (C=O) groups is 1. The van der Waals surface area contributed by atoms with E-state index in [1.807, 2.05) is 61.5 Å². The lowest BCUT2D eigenvalue weighted by atomic mass is 9.83. The van der Waals surface area contributed by atoms with Crippen LogP contribution in [-0.2, 0) is 5.54 Å². The zero-order valence-electron chi connectivity index (χ0n) is 13.5. The highest BCUT2D eigenvalue weighted by Crippen LogP contribution is 2.35. The maximum absolute atomic E-state index is 12.2. The number of rotatable bonds is 4. The predicted octanol–water partition coefficient (Wildman–Crippen LogP) is 3.23. The summed E-state index contributed by atoms with van der Waals surface area (Å²) in [5, 5.41) is 2.69. The molecule has 1 atom stereocenters. The second kappa shape index (κ2) is 6.52. The third-order valence-corrected chi connectivity index (χ3v) is 4.18. The second-order valence-electron chi connectivity index (χ2n) is 5.28. The first-order valence-corrected chi connectivity index (χ1v) is 7.19. The first-order valence-electron chi connectivity index (χ1n) is 7.19. The molecular formula is C18H22N2O2. The Kier molecular flexibility index (Phi) is 4.71. The highest BCUT2D eigenvalue weighted by atomic mass is 16.5. The van der Waals surface area contributed by atoms with Crippen LogP contribution in [0.5, 0.6) is 5.75 Å². The Bertz CT molecular complexity index is 625. The van der Waals surface area contributed by atoms with Gasteiger partial charge in [0, 0.05) is 14.1 Å². The van der Waals surface area contributed by atoms with Gasteiger partial charge < -0.3 is 15.0 Å². The summed E-state index contributed by atoms with van der Waals surface area (Å²) < 4.78 is 5.22. The molecule has 22 heavy (non-hydrogen) atoms. The number of hydrogen-bond donors (Lipinski definition) is 1. The molecule has 2 aromatic rings. The molecule has 0 bridgehead atoms. The quantitative estimate of drug-likeness (QED) is 0.941. The number of nitrogens with zero attached hydrogens (tertiary/aromatic N) is 1. The normalized spacial score (nSPS) is 13.1. The highest BCUT2D eigenvalue weighted by molar-refractivity contribution is 5.75. The molecule has 0 radical (unpaired) electrons. The molecule has 2 amide bonds. The molecule has 0 aliphatic rings. The van der Waals surface area contributed by atoms with Gasteiger partial charge >= 0.3 is 6.03 Å². The minimum absolute atomic E-state index is 0.137. The molecule has 2 aromatic carbocycles. The summed E-state index contributed by atoms with van der Waals surface area (Å²) in [7, 11) is 5.08. The largest absolute Gasteiger partial charge is 0.497 e. The molecule has 2 rings (SSSR count). The van der Waals surface area contributed by atoms with Crippen LogP contribution in [0.15, 0.2) is 54.6 Å². The van der Waals surface area contributed by atoms with Crippen LogP contribution < -0.4 is 10.1 Å². The Morgan fingerprint density at radius 1 is 1.05 bits per heavy atom. The van der Waals surface area contributed by atoms with E-state index in [4.69, 9.17) is 4.74 Å². The van der Waals surface area contributed by atoms with Gasteiger partial charge in [0.1, 0.15) is 5.75 Å². The number of benzene rings is 2. The van der Waals surface area contributed by atoms with Crippen molar-refractivity contribution in [2.75, 3.05) is 21.2 Å². The Morgan fingerprint density at radius 3 is 2.09 bits per heavy atom. The fraction of sp³-hybridized carbons (Fsp3) is 0.278. The van der Waals surface area contributed by atoms with E-state index < -0.39 is 5.54 Å². The average Bonchev–Trinajstić information content (AvgIpc) is 2.60. The standard InChI is InChI=1S/C18H22N2O2/c1-18(20(3)17(21)19-2,14-8-6-5-7-9-14)15-10-12-16(22-4)13-11-15/h5-13H,1-4H3,(H,19,21)/t18-/m1/s1. The SMILES string of the molecule is CNC(=O)N(C)[C@](C)(c1ccccc1)c1ccc(OC)cc1. The molecule has 0 aromatic heterocycles. The molecule has 0 fully saturated rings. The number of hydrogen-bond acceptors (Lipinski definition) is 2. The number of urea groups is 1. The minimum atomic E-state index is -0.576. The molecule has 0 aliphatic carbocycles. The number of nitrogens with one attached hydrogen (secondary N) is 1. The first-order chi connectivity index (χ1) is 10.5. The smallest absolute Gasteiger partial charge is 0.317 e. The molecule has 0 saturated heterocycles. The highest BCUT2D eigenvalue weighted by Gasteiger charge is 2.36. The number of amides is 2. The van der Waals surface area contributed by atoms with E-state index in [1.54, 1.807) is 26.1 Å². The summed E-state index contributed by atoms with van der Waals surface area (Å²) in [5.74, 6) is 0.793. The summed E-state index contributed by atoms with van der Waals surface area (Å²) >= 11 is 0. The molecule has 0 heterocycles. The van der Waals surface area contributed by atoms with Gasteiger partial charge in [-0.25, -0.2) is 4.79 Å². The van der Waals surface area contributed by atoms with Crippen LogP contribution in [0.3, 0.4) is 0 Å². The maximum atomic E-state index is 12.2. The Morgan fingerprint density at radius 2 is 1.59 bits per heavy atom. The molecule has 1 N–H and O–H groups in total. The third kappa shape index (κ3) is 2.77. The predicted molar refractivity (Wildman–Crippen MR) is 88.1 cm³/mol. The summed E-state index contributed by atoms with van der Waals surface area (Å²) in [6.07, 6.45) is 0. The van der Waals surface area contributed by atoms with Crippen LogP contribution in [0.4, 0.5) is 4.79 Å². The van der Waals surface area contributed by atoms with Crippen molar-refractivity contribution in [3.05, 3.63) is 65.7 Å². The van der Waals surface area contributed by atoms with E-state index >= 15 is 0 Å². The second-order valence-corrected chi connectivity index (χ2v) is 5.28. The number of carbonyl (C=O) groups excluding carboxylic acids is 1. The summed E-state index contributed by atoms with van der Waals surface area (Å²) in [6.45, 7) is 2.04. The van der Waals surface area contributed by atoms with Gasteiger partial charge in [0.2, 0.25) is 0 Å². The van der Waals surface area contributed by atoms with Gasteiger partial charge in [-0.2, -0.15) is 0 Å². The molecular weight excluding hydrogens is 276 g/mol. The molecule has 4 heteroatoms. The van der Waals surface area contributed by atoms with Crippen molar-refractivity contribution in [3.8, 4) is 5.75 Å². The lowest BCUT2D eigenvalue weighted by molar-refractivity contribution is 0.168. The van der Waals surface area contributed by atoms with E-state index in [0.717, 1.165) is 16.9 Å². The molecule has 116 valence electrons. The Balaban J connectivity index is 2.56. The van der Waals surface area contributed by atoms with E-state index in [2.05, 4.69) is 5.32 Å². The van der Waals surface area contributed by atoms with Crippen LogP contribution in [0.1, 0.15) is 18.1 Å². The van der Waals surface area contributed by atoms with Crippen LogP contribution >= 0.6 is 0 Å². The van der Waals surface area contributed by atoms with Crippen molar-refractivity contribution in [1.82, 2.24) is 10.2 Å². The topological polar surface area (TPSA) is 41.6 Å². The molecule has 0 spiro atoms. The van der Waals surface area contributed by atoms with E-state index in [0.29, 0.717) is 0 Å². The summed E-state index contributed by atoms with van der Waals surface area (Å²) in [4.78, 5) is 13.9. The van der Waals surface area contributed by atoms with E-state index in [9.17, 15) is 4.79 Å². The van der Waals surface area contributed by atoms with Crippen molar-refractivity contribution < 1.29 is 9.53 Å². The minimum Gasteiger partial charge on any atom is -0.497 e. The van der Waals surface area contributed by atoms with Gasteiger partial charge in [-0.05, 0) is 30.2 Å². The van der Waals surface area contributed by atoms with Crippen LogP contribution in [0.25, 0.3) is 0 Å².